The van der Waals surface area contributed by atoms with E-state index in [-0.39, 0.29) is 5.56 Å². The number of pyridine rings is 1. The molecule has 1 aromatic heterocycles. The SMILES string of the molecule is CCc1ccc2[nH]c(=O)c(CN(C(=S)Nc3ccc(C)cc3)C3CCCC3)cc2c1. The van der Waals surface area contributed by atoms with E-state index in [9.17, 15) is 4.79 Å². The van der Waals surface area contributed by atoms with Crippen molar-refractivity contribution >= 4 is 33.9 Å². The summed E-state index contributed by atoms with van der Waals surface area (Å²) >= 11 is 5.81. The average Bonchev–Trinajstić information content (AvgIpc) is 3.28. The van der Waals surface area contributed by atoms with Gasteiger partial charge in [0.15, 0.2) is 5.11 Å². The van der Waals surface area contributed by atoms with Crippen LogP contribution in [0.5, 0.6) is 0 Å². The molecule has 0 unspecified atom stereocenters. The Morgan fingerprint density at radius 2 is 1.87 bits per heavy atom. The highest BCUT2D eigenvalue weighted by atomic mass is 32.1. The van der Waals surface area contributed by atoms with E-state index >= 15 is 0 Å². The molecule has 1 aliphatic rings. The molecule has 3 aromatic rings. The molecular weight excluding hydrogens is 390 g/mol. The van der Waals surface area contributed by atoms with Crippen LogP contribution in [0, 0.1) is 6.92 Å². The summed E-state index contributed by atoms with van der Waals surface area (Å²) in [6, 6.07) is 16.9. The lowest BCUT2D eigenvalue weighted by atomic mass is 10.1. The molecule has 0 saturated heterocycles. The van der Waals surface area contributed by atoms with E-state index in [1.807, 2.05) is 24.3 Å². The first kappa shape index (κ1) is 20.6. The molecule has 1 fully saturated rings. The minimum atomic E-state index is -0.0344. The first-order valence-corrected chi connectivity index (χ1v) is 11.2. The smallest absolute Gasteiger partial charge is 0.253 e. The van der Waals surface area contributed by atoms with Gasteiger partial charge >= 0.3 is 0 Å². The number of nitrogens with zero attached hydrogens (tertiary/aromatic N) is 1. The number of hydrogen-bond acceptors (Lipinski definition) is 2. The molecule has 30 heavy (non-hydrogen) atoms. The standard InChI is InChI=1S/C25H29N3OS/c1-3-18-10-13-23-19(14-18)15-20(24(29)27-23)16-28(22-6-4-5-7-22)25(30)26-21-11-8-17(2)9-12-21/h8-15,22H,3-7,16H2,1-2H3,(H,26,30)(H,27,29). The monoisotopic (exact) mass is 419 g/mol. The van der Waals surface area contributed by atoms with Crippen molar-refractivity contribution in [2.24, 2.45) is 0 Å². The molecule has 2 aromatic carbocycles. The van der Waals surface area contributed by atoms with Gasteiger partial charge in [0, 0.05) is 22.8 Å². The fraction of sp³-hybridized carbons (Fsp3) is 0.360. The van der Waals surface area contributed by atoms with Crippen LogP contribution in [0.3, 0.4) is 0 Å². The summed E-state index contributed by atoms with van der Waals surface area (Å²) in [5, 5.41) is 5.15. The Bertz CT molecular complexity index is 1100. The Morgan fingerprint density at radius 3 is 2.57 bits per heavy atom. The molecule has 4 rings (SSSR count). The second-order valence-electron chi connectivity index (χ2n) is 8.26. The van der Waals surface area contributed by atoms with E-state index in [1.54, 1.807) is 0 Å². The molecule has 1 aliphatic carbocycles. The van der Waals surface area contributed by atoms with E-state index in [4.69, 9.17) is 12.2 Å². The molecule has 0 bridgehead atoms. The molecule has 4 nitrogen and oxygen atoms in total. The maximum Gasteiger partial charge on any atom is 0.253 e. The first-order chi connectivity index (χ1) is 14.5. The summed E-state index contributed by atoms with van der Waals surface area (Å²) in [5.41, 5.74) is 5.07. The Balaban J connectivity index is 1.63. The van der Waals surface area contributed by atoms with Gasteiger partial charge in [-0.05, 0) is 79.7 Å². The Morgan fingerprint density at radius 1 is 1.13 bits per heavy atom. The summed E-state index contributed by atoms with van der Waals surface area (Å²) in [7, 11) is 0. The van der Waals surface area contributed by atoms with Crippen LogP contribution >= 0.6 is 12.2 Å². The van der Waals surface area contributed by atoms with Crippen molar-refractivity contribution in [3.05, 3.63) is 75.6 Å². The molecule has 0 atom stereocenters. The number of thiocarbonyl (C=S) groups is 1. The molecule has 1 saturated carbocycles. The fourth-order valence-electron chi connectivity index (χ4n) is 4.24. The lowest BCUT2D eigenvalue weighted by Crippen LogP contribution is -2.42. The number of benzene rings is 2. The second-order valence-corrected chi connectivity index (χ2v) is 8.65. The van der Waals surface area contributed by atoms with Gasteiger partial charge in [0.05, 0.1) is 6.54 Å². The molecule has 1 heterocycles. The molecule has 0 aliphatic heterocycles. The average molecular weight is 420 g/mol. The number of fused-ring (bicyclic) bond motifs is 1. The van der Waals surface area contributed by atoms with E-state index in [1.165, 1.54) is 24.0 Å². The van der Waals surface area contributed by atoms with E-state index < -0.39 is 0 Å². The Kier molecular flexibility index (Phi) is 6.18. The van der Waals surface area contributed by atoms with Crippen LogP contribution < -0.4 is 10.9 Å². The van der Waals surface area contributed by atoms with E-state index in [0.717, 1.165) is 41.4 Å². The van der Waals surface area contributed by atoms with Gasteiger partial charge in [-0.3, -0.25) is 4.79 Å². The molecule has 0 amide bonds. The van der Waals surface area contributed by atoms with Crippen molar-refractivity contribution in [1.29, 1.82) is 0 Å². The summed E-state index contributed by atoms with van der Waals surface area (Å²) in [6.07, 6.45) is 5.62. The molecular formula is C25H29N3OS. The molecule has 0 radical (unpaired) electrons. The highest BCUT2D eigenvalue weighted by Gasteiger charge is 2.25. The van der Waals surface area contributed by atoms with Gasteiger partial charge in [-0.25, -0.2) is 0 Å². The topological polar surface area (TPSA) is 48.1 Å². The van der Waals surface area contributed by atoms with Crippen LogP contribution in [-0.4, -0.2) is 21.0 Å². The number of hydrogen-bond donors (Lipinski definition) is 2. The minimum absolute atomic E-state index is 0.0344. The number of anilines is 1. The van der Waals surface area contributed by atoms with Crippen LogP contribution in [0.2, 0.25) is 0 Å². The maximum absolute atomic E-state index is 12.8. The third-order valence-corrected chi connectivity index (χ3v) is 6.40. The lowest BCUT2D eigenvalue weighted by molar-refractivity contribution is 0.311. The largest absolute Gasteiger partial charge is 0.342 e. The molecule has 5 heteroatoms. The van der Waals surface area contributed by atoms with E-state index in [2.05, 4.69) is 53.3 Å². The van der Waals surface area contributed by atoms with Crippen LogP contribution in [0.4, 0.5) is 5.69 Å². The highest BCUT2D eigenvalue weighted by Crippen LogP contribution is 2.26. The fourth-order valence-corrected chi connectivity index (χ4v) is 4.57. The number of aromatic nitrogens is 1. The van der Waals surface area contributed by atoms with Gasteiger partial charge in [0.1, 0.15) is 0 Å². The zero-order valence-corrected chi connectivity index (χ0v) is 18.5. The van der Waals surface area contributed by atoms with Crippen LogP contribution in [-0.2, 0) is 13.0 Å². The van der Waals surface area contributed by atoms with Crippen LogP contribution in [0.1, 0.15) is 49.3 Å². The van der Waals surface area contributed by atoms with Gasteiger partial charge in [-0.2, -0.15) is 0 Å². The van der Waals surface area contributed by atoms with Crippen LogP contribution in [0.15, 0.2) is 53.3 Å². The van der Waals surface area contributed by atoms with Crippen LogP contribution in [0.25, 0.3) is 10.9 Å². The third-order valence-electron chi connectivity index (χ3n) is 6.06. The normalized spacial score (nSPS) is 14.2. The Labute approximate surface area is 183 Å². The maximum atomic E-state index is 12.8. The van der Waals surface area contributed by atoms with Crippen molar-refractivity contribution in [2.75, 3.05) is 5.32 Å². The molecule has 156 valence electrons. The van der Waals surface area contributed by atoms with Crippen molar-refractivity contribution in [1.82, 2.24) is 9.88 Å². The van der Waals surface area contributed by atoms with Gasteiger partial charge in [0.25, 0.3) is 5.56 Å². The lowest BCUT2D eigenvalue weighted by Gasteiger charge is -2.31. The zero-order valence-electron chi connectivity index (χ0n) is 17.7. The Hall–Kier alpha value is -2.66. The quantitative estimate of drug-likeness (QED) is 0.533. The zero-order chi connectivity index (χ0) is 21.1. The van der Waals surface area contributed by atoms with Gasteiger partial charge in [-0.15, -0.1) is 0 Å². The summed E-state index contributed by atoms with van der Waals surface area (Å²) in [5.74, 6) is 0. The minimum Gasteiger partial charge on any atom is -0.342 e. The van der Waals surface area contributed by atoms with Gasteiger partial charge < -0.3 is 15.2 Å². The molecule has 2 N–H and O–H groups in total. The number of nitrogens with one attached hydrogen (secondary N) is 2. The van der Waals surface area contributed by atoms with Gasteiger partial charge in [-0.1, -0.05) is 43.5 Å². The summed E-state index contributed by atoms with van der Waals surface area (Å²) < 4.78 is 0. The number of rotatable bonds is 5. The van der Waals surface area contributed by atoms with E-state index in [0.29, 0.717) is 17.7 Å². The molecule has 0 spiro atoms. The van der Waals surface area contributed by atoms with Crippen molar-refractivity contribution in [3.8, 4) is 0 Å². The van der Waals surface area contributed by atoms with Crippen molar-refractivity contribution < 1.29 is 0 Å². The predicted octanol–water partition coefficient (Wildman–Crippen LogP) is 5.54. The predicted molar refractivity (Wildman–Crippen MR) is 129 cm³/mol. The number of aromatic amines is 1. The summed E-state index contributed by atoms with van der Waals surface area (Å²) in [4.78, 5) is 18.1. The highest BCUT2D eigenvalue weighted by molar-refractivity contribution is 7.80. The van der Waals surface area contributed by atoms with Gasteiger partial charge in [0.2, 0.25) is 0 Å². The summed E-state index contributed by atoms with van der Waals surface area (Å²) in [6.45, 7) is 4.73. The third kappa shape index (κ3) is 4.57. The van der Waals surface area contributed by atoms with Crippen molar-refractivity contribution in [2.45, 2.75) is 58.5 Å². The first-order valence-electron chi connectivity index (χ1n) is 10.8. The second kappa shape index (κ2) is 9.00. The number of H-pyrrole nitrogens is 1. The van der Waals surface area contributed by atoms with Crippen molar-refractivity contribution in [3.63, 3.8) is 0 Å². The number of aryl methyl sites for hydroxylation is 2.